The van der Waals surface area contributed by atoms with Crippen molar-refractivity contribution in [2.24, 2.45) is 0 Å². The van der Waals surface area contributed by atoms with E-state index in [4.69, 9.17) is 0 Å². The minimum atomic E-state index is -0.758. The van der Waals surface area contributed by atoms with Gasteiger partial charge in [0, 0.05) is 20.8 Å². The molecule has 96 valence electrons. The van der Waals surface area contributed by atoms with E-state index >= 15 is 0 Å². The third-order valence-corrected chi connectivity index (χ3v) is 4.89. The molecule has 0 aliphatic rings. The maximum atomic E-state index is 13.8. The lowest BCUT2D eigenvalue weighted by Gasteiger charge is -2.14. The molecule has 3 aromatic rings. The van der Waals surface area contributed by atoms with Gasteiger partial charge in [-0.1, -0.05) is 30.3 Å². The molecule has 1 atom stereocenters. The molecule has 0 fully saturated rings. The minimum Gasteiger partial charge on any atom is -0.384 e. The van der Waals surface area contributed by atoms with E-state index in [1.54, 1.807) is 18.2 Å². The van der Waals surface area contributed by atoms with E-state index in [0.29, 0.717) is 5.39 Å². The molecule has 0 radical (unpaired) electrons. The standard InChI is InChI=1S/C15H10BrFOS/c16-13-8-19-7-12(13)15(18)11-5-6-14(17)10-4-2-1-3-9(10)11/h1-8,15,18H. The number of rotatable bonds is 2. The van der Waals surface area contributed by atoms with Crippen molar-refractivity contribution >= 4 is 38.0 Å². The summed E-state index contributed by atoms with van der Waals surface area (Å²) in [7, 11) is 0. The topological polar surface area (TPSA) is 20.2 Å². The Bertz CT molecular complexity index is 738. The fraction of sp³-hybridized carbons (Fsp3) is 0.0667. The number of hydrogen-bond donors (Lipinski definition) is 1. The zero-order valence-electron chi connectivity index (χ0n) is 9.81. The highest BCUT2D eigenvalue weighted by Gasteiger charge is 2.17. The van der Waals surface area contributed by atoms with Gasteiger partial charge in [-0.05, 0) is 38.3 Å². The average molecular weight is 337 g/mol. The Hall–Kier alpha value is -1.23. The normalized spacial score (nSPS) is 12.8. The monoisotopic (exact) mass is 336 g/mol. The first kappa shape index (κ1) is 12.8. The van der Waals surface area contributed by atoms with Gasteiger partial charge in [0.05, 0.1) is 0 Å². The molecule has 0 spiro atoms. The van der Waals surface area contributed by atoms with Crippen molar-refractivity contribution in [2.45, 2.75) is 6.10 Å². The van der Waals surface area contributed by atoms with E-state index in [2.05, 4.69) is 15.9 Å². The smallest absolute Gasteiger partial charge is 0.131 e. The Morgan fingerprint density at radius 3 is 2.42 bits per heavy atom. The predicted molar refractivity (Wildman–Crippen MR) is 80.0 cm³/mol. The van der Waals surface area contributed by atoms with Crippen molar-refractivity contribution < 1.29 is 9.50 Å². The van der Waals surface area contributed by atoms with Crippen molar-refractivity contribution in [1.29, 1.82) is 0 Å². The fourth-order valence-corrected chi connectivity index (χ4v) is 3.71. The predicted octanol–water partition coefficient (Wildman–Crippen LogP) is 4.88. The number of fused-ring (bicyclic) bond motifs is 1. The molecule has 3 rings (SSSR count). The van der Waals surface area contributed by atoms with E-state index in [-0.39, 0.29) is 5.82 Å². The average Bonchev–Trinajstić information content (AvgIpc) is 2.85. The second kappa shape index (κ2) is 5.04. The Balaban J connectivity index is 2.21. The van der Waals surface area contributed by atoms with Crippen LogP contribution in [0.1, 0.15) is 17.2 Å². The van der Waals surface area contributed by atoms with Crippen molar-refractivity contribution in [3.63, 3.8) is 0 Å². The largest absolute Gasteiger partial charge is 0.384 e. The zero-order valence-corrected chi connectivity index (χ0v) is 12.2. The molecule has 1 aromatic heterocycles. The van der Waals surface area contributed by atoms with Crippen LogP contribution in [0.5, 0.6) is 0 Å². The van der Waals surface area contributed by atoms with Crippen LogP contribution in [-0.4, -0.2) is 5.11 Å². The van der Waals surface area contributed by atoms with Crippen LogP contribution < -0.4 is 0 Å². The van der Waals surface area contributed by atoms with Gasteiger partial charge in [0.1, 0.15) is 11.9 Å². The molecule has 0 aliphatic heterocycles. The number of thiophene rings is 1. The van der Waals surface area contributed by atoms with Gasteiger partial charge in [0.2, 0.25) is 0 Å². The molecule has 1 N–H and O–H groups in total. The summed E-state index contributed by atoms with van der Waals surface area (Å²) < 4.78 is 14.6. The molecule has 0 bridgehead atoms. The highest BCUT2D eigenvalue weighted by Crippen LogP contribution is 2.35. The summed E-state index contributed by atoms with van der Waals surface area (Å²) in [5.74, 6) is -0.268. The van der Waals surface area contributed by atoms with Gasteiger partial charge in [-0.2, -0.15) is 11.3 Å². The SMILES string of the molecule is OC(c1cscc1Br)c1ccc(F)c2ccccc12. The van der Waals surface area contributed by atoms with Gasteiger partial charge < -0.3 is 5.11 Å². The van der Waals surface area contributed by atoms with Crippen molar-refractivity contribution in [2.75, 3.05) is 0 Å². The van der Waals surface area contributed by atoms with Crippen LogP contribution >= 0.6 is 27.3 Å². The molecule has 4 heteroatoms. The maximum Gasteiger partial charge on any atom is 0.131 e. The Morgan fingerprint density at radius 2 is 1.74 bits per heavy atom. The van der Waals surface area contributed by atoms with Crippen LogP contribution in [0.15, 0.2) is 51.6 Å². The van der Waals surface area contributed by atoms with Crippen molar-refractivity contribution in [1.82, 2.24) is 0 Å². The van der Waals surface area contributed by atoms with Gasteiger partial charge in [-0.15, -0.1) is 0 Å². The third kappa shape index (κ3) is 2.20. The first-order valence-electron chi connectivity index (χ1n) is 5.75. The van der Waals surface area contributed by atoms with Crippen LogP contribution in [0.3, 0.4) is 0 Å². The van der Waals surface area contributed by atoms with Gasteiger partial charge >= 0.3 is 0 Å². The summed E-state index contributed by atoms with van der Waals surface area (Å²) in [6, 6.07) is 10.2. The number of halogens is 2. The molecular formula is C15H10BrFOS. The van der Waals surface area contributed by atoms with Crippen LogP contribution in [0.2, 0.25) is 0 Å². The highest BCUT2D eigenvalue weighted by atomic mass is 79.9. The van der Waals surface area contributed by atoms with Crippen LogP contribution in [0.25, 0.3) is 10.8 Å². The van der Waals surface area contributed by atoms with E-state index < -0.39 is 6.10 Å². The molecule has 1 nitrogen and oxygen atoms in total. The Kier molecular flexibility index (Phi) is 3.39. The summed E-state index contributed by atoms with van der Waals surface area (Å²) in [5, 5.41) is 15.6. The van der Waals surface area contributed by atoms with Crippen molar-refractivity contribution in [3.8, 4) is 0 Å². The van der Waals surface area contributed by atoms with Gasteiger partial charge in [-0.3, -0.25) is 0 Å². The highest BCUT2D eigenvalue weighted by molar-refractivity contribution is 9.10. The van der Waals surface area contributed by atoms with Gasteiger partial charge in [-0.25, -0.2) is 4.39 Å². The number of benzene rings is 2. The lowest BCUT2D eigenvalue weighted by molar-refractivity contribution is 0.221. The van der Waals surface area contributed by atoms with E-state index in [9.17, 15) is 9.50 Å². The van der Waals surface area contributed by atoms with E-state index in [1.165, 1.54) is 17.4 Å². The van der Waals surface area contributed by atoms with E-state index in [0.717, 1.165) is 21.0 Å². The zero-order chi connectivity index (χ0) is 13.4. The second-order valence-corrected chi connectivity index (χ2v) is 5.86. The summed E-state index contributed by atoms with van der Waals surface area (Å²) in [5.41, 5.74) is 1.53. The van der Waals surface area contributed by atoms with Gasteiger partial charge in [0.15, 0.2) is 0 Å². The Morgan fingerprint density at radius 1 is 1.00 bits per heavy atom. The minimum absolute atomic E-state index is 0.268. The van der Waals surface area contributed by atoms with Gasteiger partial charge in [0.25, 0.3) is 0 Å². The summed E-state index contributed by atoms with van der Waals surface area (Å²) >= 11 is 4.94. The Labute approximate surface area is 122 Å². The van der Waals surface area contributed by atoms with Crippen LogP contribution in [0.4, 0.5) is 4.39 Å². The summed E-state index contributed by atoms with van der Waals surface area (Å²) in [4.78, 5) is 0. The number of hydrogen-bond acceptors (Lipinski definition) is 2. The molecule has 19 heavy (non-hydrogen) atoms. The lowest BCUT2D eigenvalue weighted by Crippen LogP contribution is -2.00. The number of aliphatic hydroxyl groups is 1. The molecule has 0 saturated carbocycles. The van der Waals surface area contributed by atoms with E-state index in [1.807, 2.05) is 22.9 Å². The van der Waals surface area contributed by atoms with Crippen molar-refractivity contribution in [3.05, 3.63) is 68.6 Å². The molecule has 0 saturated heterocycles. The molecule has 0 amide bonds. The lowest BCUT2D eigenvalue weighted by atomic mass is 9.97. The first-order chi connectivity index (χ1) is 9.18. The molecule has 1 unspecified atom stereocenters. The fourth-order valence-electron chi connectivity index (χ4n) is 2.18. The van der Waals surface area contributed by atoms with Crippen LogP contribution in [0, 0.1) is 5.82 Å². The summed E-state index contributed by atoms with van der Waals surface area (Å²) in [6.07, 6.45) is -0.758. The number of aliphatic hydroxyl groups excluding tert-OH is 1. The summed E-state index contributed by atoms with van der Waals surface area (Å²) in [6.45, 7) is 0. The quantitative estimate of drug-likeness (QED) is 0.706. The second-order valence-electron chi connectivity index (χ2n) is 4.26. The van der Waals surface area contributed by atoms with Crippen LogP contribution in [-0.2, 0) is 0 Å². The molecule has 2 aromatic carbocycles. The molecule has 0 aliphatic carbocycles. The first-order valence-corrected chi connectivity index (χ1v) is 7.49. The molecule has 1 heterocycles. The third-order valence-electron chi connectivity index (χ3n) is 3.14. The maximum absolute atomic E-state index is 13.8. The molecular weight excluding hydrogens is 327 g/mol.